The van der Waals surface area contributed by atoms with Gasteiger partial charge in [-0.05, 0) is 50.8 Å². The van der Waals surface area contributed by atoms with E-state index >= 15 is 0 Å². The molecular weight excluding hydrogens is 591 g/mol. The molecule has 1 saturated carbocycles. The lowest BCUT2D eigenvalue weighted by atomic mass is 9.90. The Morgan fingerprint density at radius 2 is 1.81 bits per heavy atom. The Balaban J connectivity index is 1.40. The number of amides is 3. The fraction of sp³-hybridized carbons (Fsp3) is 0.407. The summed E-state index contributed by atoms with van der Waals surface area (Å²) in [6.07, 6.45) is 0.0904. The fourth-order valence-corrected chi connectivity index (χ4v) is 5.05. The molecule has 0 saturated heterocycles. The summed E-state index contributed by atoms with van der Waals surface area (Å²) >= 11 is 6.35. The van der Waals surface area contributed by atoms with E-state index in [9.17, 15) is 27.6 Å². The van der Waals surface area contributed by atoms with Gasteiger partial charge in [0.15, 0.2) is 11.5 Å². The number of benzene rings is 1. The number of anilines is 1. The SMILES string of the molecule is C[C@H](N)C(=O)N[C@H]1CC[C@@H](NC(=O)c2ccc(NC(=O)c3ncc(-c4cn(CC#N)nc4C(F)(F)F)n3C)cc2Cl)CC1. The molecule has 5 N–H and O–H groups in total. The molecule has 16 heteroatoms. The van der Waals surface area contributed by atoms with E-state index in [1.165, 1.54) is 29.8 Å². The Kier molecular flexibility index (Phi) is 9.41. The first kappa shape index (κ1) is 31.5. The number of nitrogens with zero attached hydrogens (tertiary/aromatic N) is 5. The van der Waals surface area contributed by atoms with Crippen LogP contribution in [0.3, 0.4) is 0 Å². The summed E-state index contributed by atoms with van der Waals surface area (Å²) in [4.78, 5) is 41.6. The van der Waals surface area contributed by atoms with Crippen molar-refractivity contribution in [3.63, 3.8) is 0 Å². The highest BCUT2D eigenvalue weighted by molar-refractivity contribution is 6.34. The number of rotatable bonds is 8. The molecule has 1 atom stereocenters. The first-order valence-electron chi connectivity index (χ1n) is 13.3. The second-order valence-corrected chi connectivity index (χ2v) is 10.6. The average Bonchev–Trinajstić information content (AvgIpc) is 3.53. The third-order valence-corrected chi connectivity index (χ3v) is 7.34. The van der Waals surface area contributed by atoms with Gasteiger partial charge in [0.1, 0.15) is 6.54 Å². The minimum absolute atomic E-state index is 0.000831. The zero-order valence-electron chi connectivity index (χ0n) is 23.2. The van der Waals surface area contributed by atoms with Gasteiger partial charge in [-0.1, -0.05) is 11.6 Å². The second-order valence-electron chi connectivity index (χ2n) is 10.2. The minimum atomic E-state index is -4.80. The highest BCUT2D eigenvalue weighted by Crippen LogP contribution is 2.36. The highest BCUT2D eigenvalue weighted by Gasteiger charge is 2.38. The minimum Gasteiger partial charge on any atom is -0.352 e. The fourth-order valence-electron chi connectivity index (χ4n) is 4.78. The number of hydrogen-bond acceptors (Lipinski definition) is 7. The van der Waals surface area contributed by atoms with Crippen LogP contribution in [0, 0.1) is 11.3 Å². The number of nitrogens with one attached hydrogen (secondary N) is 3. The summed E-state index contributed by atoms with van der Waals surface area (Å²) in [6, 6.07) is 5.34. The van der Waals surface area contributed by atoms with Gasteiger partial charge in [0.2, 0.25) is 5.91 Å². The number of halogens is 4. The van der Waals surface area contributed by atoms with Gasteiger partial charge >= 0.3 is 6.18 Å². The molecule has 2 heterocycles. The lowest BCUT2D eigenvalue weighted by Gasteiger charge is -2.30. The molecule has 1 aromatic carbocycles. The molecule has 3 amide bonds. The van der Waals surface area contributed by atoms with Crippen molar-refractivity contribution in [2.24, 2.45) is 12.8 Å². The molecule has 1 aliphatic rings. The molecule has 2 aromatic heterocycles. The number of imidazole rings is 1. The molecule has 3 aromatic rings. The maximum absolute atomic E-state index is 13.6. The van der Waals surface area contributed by atoms with E-state index in [2.05, 4.69) is 26.0 Å². The molecule has 0 unspecified atom stereocenters. The van der Waals surface area contributed by atoms with Gasteiger partial charge in [0.25, 0.3) is 11.8 Å². The van der Waals surface area contributed by atoms with Gasteiger partial charge in [-0.2, -0.15) is 23.5 Å². The van der Waals surface area contributed by atoms with Crippen LogP contribution in [0.1, 0.15) is 59.3 Å². The van der Waals surface area contributed by atoms with Crippen LogP contribution in [0.4, 0.5) is 18.9 Å². The Morgan fingerprint density at radius 1 is 1.16 bits per heavy atom. The van der Waals surface area contributed by atoms with Gasteiger partial charge in [-0.15, -0.1) is 0 Å². The molecule has 0 spiro atoms. The first-order valence-corrected chi connectivity index (χ1v) is 13.7. The third kappa shape index (κ3) is 7.33. The number of aromatic nitrogens is 4. The molecule has 12 nitrogen and oxygen atoms in total. The van der Waals surface area contributed by atoms with Crippen molar-refractivity contribution in [1.29, 1.82) is 5.26 Å². The lowest BCUT2D eigenvalue weighted by molar-refractivity contribution is -0.141. The first-order chi connectivity index (χ1) is 20.3. The van der Waals surface area contributed by atoms with Gasteiger partial charge in [0.05, 0.1) is 40.2 Å². The van der Waals surface area contributed by atoms with Crippen molar-refractivity contribution in [3.05, 3.63) is 52.7 Å². The van der Waals surface area contributed by atoms with Crippen LogP contribution >= 0.6 is 11.6 Å². The van der Waals surface area contributed by atoms with E-state index in [0.29, 0.717) is 25.7 Å². The molecule has 43 heavy (non-hydrogen) atoms. The normalized spacial score (nSPS) is 17.5. The van der Waals surface area contributed by atoms with Crippen LogP contribution in [-0.2, 0) is 24.6 Å². The molecule has 4 rings (SSSR count). The predicted molar refractivity (Wildman–Crippen MR) is 150 cm³/mol. The quantitative estimate of drug-likeness (QED) is 0.299. The van der Waals surface area contributed by atoms with Crippen LogP contribution < -0.4 is 21.7 Å². The summed E-state index contributed by atoms with van der Waals surface area (Å²) in [7, 11) is 1.37. The average molecular weight is 620 g/mol. The molecule has 0 bridgehead atoms. The third-order valence-electron chi connectivity index (χ3n) is 7.02. The van der Waals surface area contributed by atoms with Gasteiger partial charge in [0, 0.05) is 31.0 Å². The largest absolute Gasteiger partial charge is 0.435 e. The van der Waals surface area contributed by atoms with Crippen molar-refractivity contribution >= 4 is 35.0 Å². The smallest absolute Gasteiger partial charge is 0.352 e. The van der Waals surface area contributed by atoms with Crippen molar-refractivity contribution in [3.8, 4) is 17.3 Å². The number of hydrogen-bond donors (Lipinski definition) is 4. The van der Waals surface area contributed by atoms with E-state index < -0.39 is 36.3 Å². The second kappa shape index (κ2) is 12.8. The summed E-state index contributed by atoms with van der Waals surface area (Å²) in [5.74, 6) is -1.53. The number of nitriles is 1. The summed E-state index contributed by atoms with van der Waals surface area (Å²) in [5, 5.41) is 20.8. The van der Waals surface area contributed by atoms with Crippen molar-refractivity contribution < 1.29 is 27.6 Å². The summed E-state index contributed by atoms with van der Waals surface area (Å²) in [5.41, 5.74) is 4.45. The Bertz CT molecular complexity index is 1570. The van der Waals surface area contributed by atoms with Crippen LogP contribution in [0.2, 0.25) is 5.02 Å². The van der Waals surface area contributed by atoms with E-state index in [4.69, 9.17) is 22.6 Å². The summed E-state index contributed by atoms with van der Waals surface area (Å²) in [6.45, 7) is 1.22. The maximum Gasteiger partial charge on any atom is 0.435 e. The van der Waals surface area contributed by atoms with Gasteiger partial charge in [-0.3, -0.25) is 19.1 Å². The van der Waals surface area contributed by atoms with Gasteiger partial charge < -0.3 is 26.3 Å². The van der Waals surface area contributed by atoms with Crippen LogP contribution in [0.5, 0.6) is 0 Å². The molecule has 0 radical (unpaired) electrons. The Hall–Kier alpha value is -4.42. The molecular formula is C27H29ClF3N9O3. The Morgan fingerprint density at radius 3 is 2.40 bits per heavy atom. The van der Waals surface area contributed by atoms with E-state index in [1.807, 2.05) is 0 Å². The van der Waals surface area contributed by atoms with Crippen LogP contribution in [0.25, 0.3) is 11.3 Å². The molecule has 228 valence electrons. The highest BCUT2D eigenvalue weighted by atomic mass is 35.5. The van der Waals surface area contributed by atoms with E-state index in [1.54, 1.807) is 13.0 Å². The topological polar surface area (TPSA) is 173 Å². The zero-order valence-corrected chi connectivity index (χ0v) is 24.0. The van der Waals surface area contributed by atoms with Gasteiger partial charge in [-0.25, -0.2) is 4.98 Å². The number of nitrogens with two attached hydrogens (primary N) is 1. The van der Waals surface area contributed by atoms with Crippen LogP contribution in [0.15, 0.2) is 30.6 Å². The number of carbonyl (C=O) groups excluding carboxylic acids is 3. The summed E-state index contributed by atoms with van der Waals surface area (Å²) < 4.78 is 42.8. The maximum atomic E-state index is 13.6. The van der Waals surface area contributed by atoms with Crippen molar-refractivity contribution in [2.75, 3.05) is 5.32 Å². The van der Waals surface area contributed by atoms with Crippen molar-refractivity contribution in [1.82, 2.24) is 30.0 Å². The zero-order chi connectivity index (χ0) is 31.5. The predicted octanol–water partition coefficient (Wildman–Crippen LogP) is 3.24. The standard InChI is InChI=1S/C27H29ClF3N9O3/c1-14(33)24(41)35-15-3-5-16(6-4-15)36-25(42)18-8-7-17(11-20(18)28)37-26(43)23-34-12-21(39(23)2)19-13-40(10-9-32)38-22(19)27(29,30)31/h7-8,11-16H,3-6,10,33H2,1-2H3,(H,35,41)(H,36,42)(H,37,43)/t14-,15-,16+/m0/s1. The number of alkyl halides is 3. The van der Waals surface area contributed by atoms with E-state index in [0.717, 1.165) is 17.1 Å². The number of carbonyl (C=O) groups is 3. The Labute approximate surface area is 249 Å². The van der Waals surface area contributed by atoms with Crippen molar-refractivity contribution in [2.45, 2.75) is 63.5 Å². The molecule has 1 fully saturated rings. The van der Waals surface area contributed by atoms with Crippen LogP contribution in [-0.4, -0.2) is 55.2 Å². The molecule has 1 aliphatic carbocycles. The monoisotopic (exact) mass is 619 g/mol. The lowest BCUT2D eigenvalue weighted by Crippen LogP contribution is -2.47. The van der Waals surface area contributed by atoms with E-state index in [-0.39, 0.29) is 51.3 Å². The molecule has 0 aliphatic heterocycles.